The van der Waals surface area contributed by atoms with Crippen molar-refractivity contribution in [3.8, 4) is 0 Å². The van der Waals surface area contributed by atoms with E-state index in [2.05, 4.69) is 31.2 Å². The summed E-state index contributed by atoms with van der Waals surface area (Å²) in [6.45, 7) is 10.2. The van der Waals surface area contributed by atoms with Gasteiger partial charge < -0.3 is 5.32 Å². The molecule has 0 aromatic carbocycles. The summed E-state index contributed by atoms with van der Waals surface area (Å²) in [6, 6.07) is 0.0977. The molecular formula is C13H21N3O2S. The van der Waals surface area contributed by atoms with Gasteiger partial charge in [0.2, 0.25) is 5.91 Å². The minimum absolute atomic E-state index is 0.00481. The third kappa shape index (κ3) is 2.59. The Bertz CT molecular complexity index is 551. The number of hydrogen-bond acceptors (Lipinski definition) is 3. The summed E-state index contributed by atoms with van der Waals surface area (Å²) in [7, 11) is 0. The van der Waals surface area contributed by atoms with Gasteiger partial charge in [-0.2, -0.15) is 0 Å². The van der Waals surface area contributed by atoms with Gasteiger partial charge in [0.05, 0.1) is 11.3 Å². The van der Waals surface area contributed by atoms with Gasteiger partial charge in [-0.1, -0.05) is 20.8 Å². The van der Waals surface area contributed by atoms with E-state index in [9.17, 15) is 9.59 Å². The fraction of sp³-hybridized carbons (Fsp3) is 0.692. The number of nitrogens with one attached hydrogen (secondary N) is 2. The molecule has 1 atom stereocenters. The number of aromatic amines is 1. The van der Waals surface area contributed by atoms with Gasteiger partial charge in [0, 0.05) is 11.3 Å². The molecule has 1 aliphatic heterocycles. The van der Waals surface area contributed by atoms with Gasteiger partial charge in [-0.15, -0.1) is 11.8 Å². The van der Waals surface area contributed by atoms with E-state index < -0.39 is 0 Å². The van der Waals surface area contributed by atoms with Crippen LogP contribution in [-0.2, 0) is 4.79 Å². The van der Waals surface area contributed by atoms with Crippen molar-refractivity contribution in [2.24, 2.45) is 5.41 Å². The van der Waals surface area contributed by atoms with Crippen LogP contribution in [0.5, 0.6) is 0 Å². The van der Waals surface area contributed by atoms with E-state index in [1.165, 1.54) is 11.8 Å². The van der Waals surface area contributed by atoms with Crippen LogP contribution in [0, 0.1) is 5.41 Å². The zero-order chi connectivity index (χ0) is 14.4. The highest BCUT2D eigenvalue weighted by Gasteiger charge is 2.36. The Morgan fingerprint density at radius 2 is 1.95 bits per heavy atom. The Kier molecular flexibility index (Phi) is 3.55. The number of fused-ring (bicyclic) bond motifs is 1. The van der Waals surface area contributed by atoms with Crippen molar-refractivity contribution < 1.29 is 4.79 Å². The molecule has 0 bridgehead atoms. The summed E-state index contributed by atoms with van der Waals surface area (Å²) in [5.41, 5.74) is 0.511. The standard InChI is InChI=1S/C13H21N3O2S/c1-7(2)16-11-9(12(18)15-16)10(13(3,4)5)19-6-8(17)14-11/h7,10H,6H2,1-5H3,(H,14,17)(H,15,18)/t10-/m1/s1. The Hall–Kier alpha value is -1.17. The number of anilines is 1. The van der Waals surface area contributed by atoms with Gasteiger partial charge in [-0.3, -0.25) is 19.4 Å². The number of carbonyl (C=O) groups excluding carboxylic acids is 1. The second-order valence-corrected chi connectivity index (χ2v) is 7.37. The van der Waals surface area contributed by atoms with Crippen molar-refractivity contribution in [3.63, 3.8) is 0 Å². The first-order chi connectivity index (χ1) is 8.71. The summed E-state index contributed by atoms with van der Waals surface area (Å²) in [5.74, 6) is 0.968. The van der Waals surface area contributed by atoms with Crippen LogP contribution in [0.1, 0.15) is 51.5 Å². The van der Waals surface area contributed by atoms with Crippen LogP contribution >= 0.6 is 11.8 Å². The summed E-state index contributed by atoms with van der Waals surface area (Å²) < 4.78 is 1.75. The zero-order valence-corrected chi connectivity index (χ0v) is 12.9. The largest absolute Gasteiger partial charge is 0.310 e. The number of nitrogens with zero attached hydrogens (tertiary/aromatic N) is 1. The molecular weight excluding hydrogens is 262 g/mol. The second-order valence-electron chi connectivity index (χ2n) is 6.27. The van der Waals surface area contributed by atoms with Crippen LogP contribution in [0.15, 0.2) is 4.79 Å². The van der Waals surface area contributed by atoms with Crippen LogP contribution in [0.2, 0.25) is 0 Å². The molecule has 0 spiro atoms. The number of carbonyl (C=O) groups is 1. The van der Waals surface area contributed by atoms with E-state index in [4.69, 9.17) is 0 Å². The van der Waals surface area contributed by atoms with Crippen molar-refractivity contribution in [1.82, 2.24) is 9.78 Å². The SMILES string of the molecule is CC(C)n1[nH]c(=O)c2c1NC(=O)CS[C@H]2C(C)(C)C. The number of H-pyrrole nitrogens is 1. The highest BCUT2D eigenvalue weighted by Crippen LogP contribution is 2.46. The number of amides is 1. The first-order valence-corrected chi connectivity index (χ1v) is 7.52. The van der Waals surface area contributed by atoms with E-state index in [-0.39, 0.29) is 28.2 Å². The lowest BCUT2D eigenvalue weighted by Gasteiger charge is -2.28. The average molecular weight is 283 g/mol. The molecule has 1 amide bonds. The third-order valence-electron chi connectivity index (χ3n) is 3.17. The van der Waals surface area contributed by atoms with Crippen LogP contribution < -0.4 is 10.9 Å². The number of thioether (sulfide) groups is 1. The fourth-order valence-corrected chi connectivity index (χ4v) is 3.59. The molecule has 0 aliphatic carbocycles. The molecule has 1 aromatic heterocycles. The molecule has 0 radical (unpaired) electrons. The van der Waals surface area contributed by atoms with Gasteiger partial charge in [0.25, 0.3) is 5.56 Å². The van der Waals surface area contributed by atoms with Crippen LogP contribution in [-0.4, -0.2) is 21.4 Å². The van der Waals surface area contributed by atoms with E-state index in [1.807, 2.05) is 13.8 Å². The Morgan fingerprint density at radius 3 is 2.47 bits per heavy atom. The van der Waals surface area contributed by atoms with Gasteiger partial charge in [-0.25, -0.2) is 0 Å². The van der Waals surface area contributed by atoms with Crippen molar-refractivity contribution >= 4 is 23.5 Å². The van der Waals surface area contributed by atoms with Gasteiger partial charge in [0.1, 0.15) is 5.82 Å². The maximum absolute atomic E-state index is 12.3. The van der Waals surface area contributed by atoms with Crippen LogP contribution in [0.4, 0.5) is 5.82 Å². The zero-order valence-electron chi connectivity index (χ0n) is 12.0. The topological polar surface area (TPSA) is 66.9 Å². The fourth-order valence-electron chi connectivity index (χ4n) is 2.31. The number of aromatic nitrogens is 2. The lowest BCUT2D eigenvalue weighted by Crippen LogP contribution is -2.21. The van der Waals surface area contributed by atoms with E-state index in [0.717, 1.165) is 0 Å². The molecule has 19 heavy (non-hydrogen) atoms. The maximum atomic E-state index is 12.3. The predicted octanol–water partition coefficient (Wildman–Crippen LogP) is 2.53. The molecule has 5 nitrogen and oxygen atoms in total. The molecule has 2 heterocycles. The van der Waals surface area contributed by atoms with Gasteiger partial charge in [-0.05, 0) is 19.3 Å². The predicted molar refractivity (Wildman–Crippen MR) is 78.7 cm³/mol. The molecule has 2 N–H and O–H groups in total. The summed E-state index contributed by atoms with van der Waals surface area (Å²) >= 11 is 1.54. The normalized spacial score (nSPS) is 20.1. The summed E-state index contributed by atoms with van der Waals surface area (Å²) in [4.78, 5) is 24.1. The first kappa shape index (κ1) is 14.2. The Labute approximate surface area is 117 Å². The first-order valence-electron chi connectivity index (χ1n) is 6.47. The van der Waals surface area contributed by atoms with Crippen molar-refractivity contribution in [3.05, 3.63) is 15.9 Å². The molecule has 6 heteroatoms. The van der Waals surface area contributed by atoms with Crippen LogP contribution in [0.3, 0.4) is 0 Å². The summed E-state index contributed by atoms with van der Waals surface area (Å²) in [5, 5.41) is 5.71. The average Bonchev–Trinajstić information content (AvgIpc) is 2.47. The monoisotopic (exact) mass is 283 g/mol. The van der Waals surface area contributed by atoms with Gasteiger partial charge in [0.15, 0.2) is 0 Å². The van der Waals surface area contributed by atoms with Crippen LogP contribution in [0.25, 0.3) is 0 Å². The lowest BCUT2D eigenvalue weighted by atomic mass is 9.88. The number of hydrogen-bond donors (Lipinski definition) is 2. The molecule has 1 aliphatic rings. The second kappa shape index (κ2) is 4.74. The number of rotatable bonds is 1. The minimum atomic E-state index is -0.0988. The van der Waals surface area contributed by atoms with E-state index >= 15 is 0 Å². The smallest absolute Gasteiger partial charge is 0.270 e. The highest BCUT2D eigenvalue weighted by molar-refractivity contribution is 8.00. The Morgan fingerprint density at radius 1 is 1.32 bits per heavy atom. The molecule has 0 fully saturated rings. The quantitative estimate of drug-likeness (QED) is 0.832. The summed E-state index contributed by atoms with van der Waals surface area (Å²) in [6.07, 6.45) is 0. The molecule has 0 saturated heterocycles. The van der Waals surface area contributed by atoms with Crippen molar-refractivity contribution in [2.45, 2.75) is 45.9 Å². The molecule has 0 saturated carbocycles. The maximum Gasteiger partial charge on any atom is 0.270 e. The molecule has 0 unspecified atom stereocenters. The van der Waals surface area contributed by atoms with Crippen molar-refractivity contribution in [2.75, 3.05) is 11.1 Å². The molecule has 2 rings (SSSR count). The third-order valence-corrected chi connectivity index (χ3v) is 4.87. The Balaban J connectivity index is 2.64. The molecule has 106 valence electrons. The van der Waals surface area contributed by atoms with E-state index in [1.54, 1.807) is 4.68 Å². The van der Waals surface area contributed by atoms with Gasteiger partial charge >= 0.3 is 0 Å². The lowest BCUT2D eigenvalue weighted by molar-refractivity contribution is -0.113. The highest BCUT2D eigenvalue weighted by atomic mass is 32.2. The minimum Gasteiger partial charge on any atom is -0.310 e. The van der Waals surface area contributed by atoms with E-state index in [0.29, 0.717) is 17.1 Å². The molecule has 1 aromatic rings. The van der Waals surface area contributed by atoms with Crippen molar-refractivity contribution in [1.29, 1.82) is 0 Å².